The minimum Gasteiger partial charge on any atom is -0.389 e. The van der Waals surface area contributed by atoms with E-state index in [2.05, 4.69) is 37.9 Å². The number of hydrogen-bond acceptors (Lipinski definition) is 4. The van der Waals surface area contributed by atoms with Crippen LogP contribution in [0.5, 0.6) is 0 Å². The molecule has 4 heteroatoms. The van der Waals surface area contributed by atoms with E-state index in [1.54, 1.807) is 0 Å². The molecule has 18 heavy (non-hydrogen) atoms. The van der Waals surface area contributed by atoms with E-state index in [1.807, 2.05) is 0 Å². The lowest BCUT2D eigenvalue weighted by atomic mass is 10.2. The molecule has 0 aromatic heterocycles. The molecule has 0 rings (SSSR count). The van der Waals surface area contributed by atoms with Crippen molar-refractivity contribution < 1.29 is 9.84 Å². The minimum absolute atomic E-state index is 0.391. The number of aliphatic hydroxyl groups is 1. The van der Waals surface area contributed by atoms with Gasteiger partial charge in [0.2, 0.25) is 0 Å². The third-order valence-electron chi connectivity index (χ3n) is 2.86. The maximum Gasteiger partial charge on any atom is 0.0897 e. The average molecular weight is 260 g/mol. The standard InChI is InChI=1S/C14H32N2O2/c1-5-16(6-2)9-7-8-15-10-14(17)12-18-11-13(3)4/h13-15,17H,5-12H2,1-4H3. The topological polar surface area (TPSA) is 44.7 Å². The van der Waals surface area contributed by atoms with Crippen LogP contribution < -0.4 is 5.32 Å². The Morgan fingerprint density at radius 3 is 2.39 bits per heavy atom. The van der Waals surface area contributed by atoms with Gasteiger partial charge in [0.05, 0.1) is 12.7 Å². The Hall–Kier alpha value is -0.160. The van der Waals surface area contributed by atoms with E-state index in [9.17, 15) is 5.11 Å². The number of nitrogens with zero attached hydrogens (tertiary/aromatic N) is 1. The fraction of sp³-hybridized carbons (Fsp3) is 1.00. The summed E-state index contributed by atoms with van der Waals surface area (Å²) in [6.07, 6.45) is 0.735. The van der Waals surface area contributed by atoms with Gasteiger partial charge in [0, 0.05) is 13.2 Å². The molecule has 1 atom stereocenters. The van der Waals surface area contributed by atoms with Crippen LogP contribution in [0.25, 0.3) is 0 Å². The molecule has 0 aromatic rings. The summed E-state index contributed by atoms with van der Waals surface area (Å²) in [6, 6.07) is 0. The van der Waals surface area contributed by atoms with E-state index in [-0.39, 0.29) is 0 Å². The molecule has 0 aromatic carbocycles. The number of rotatable bonds is 12. The second kappa shape index (κ2) is 11.9. The van der Waals surface area contributed by atoms with E-state index in [0.717, 1.165) is 39.2 Å². The van der Waals surface area contributed by atoms with Crippen molar-refractivity contribution in [2.75, 3.05) is 45.9 Å². The van der Waals surface area contributed by atoms with Crippen molar-refractivity contribution in [1.29, 1.82) is 0 Å². The van der Waals surface area contributed by atoms with Gasteiger partial charge in [-0.1, -0.05) is 27.7 Å². The second-order valence-electron chi connectivity index (χ2n) is 5.17. The molecule has 0 fully saturated rings. The van der Waals surface area contributed by atoms with Crippen LogP contribution in [0.1, 0.15) is 34.1 Å². The van der Waals surface area contributed by atoms with Gasteiger partial charge in [-0.05, 0) is 38.5 Å². The van der Waals surface area contributed by atoms with E-state index in [0.29, 0.717) is 19.1 Å². The van der Waals surface area contributed by atoms with Crippen LogP contribution in [0.4, 0.5) is 0 Å². The van der Waals surface area contributed by atoms with Crippen LogP contribution in [0.15, 0.2) is 0 Å². The van der Waals surface area contributed by atoms with Crippen LogP contribution in [-0.2, 0) is 4.74 Å². The van der Waals surface area contributed by atoms with E-state index in [1.165, 1.54) is 0 Å². The summed E-state index contributed by atoms with van der Waals surface area (Å²) < 4.78 is 5.39. The molecule has 0 saturated heterocycles. The highest BCUT2D eigenvalue weighted by atomic mass is 16.5. The molecule has 0 saturated carbocycles. The largest absolute Gasteiger partial charge is 0.389 e. The van der Waals surface area contributed by atoms with E-state index < -0.39 is 6.10 Å². The molecule has 0 bridgehead atoms. The molecular formula is C14H32N2O2. The summed E-state index contributed by atoms with van der Waals surface area (Å²) in [5.74, 6) is 0.527. The first-order valence-electron chi connectivity index (χ1n) is 7.28. The van der Waals surface area contributed by atoms with Gasteiger partial charge in [-0.3, -0.25) is 0 Å². The zero-order valence-electron chi connectivity index (χ0n) is 12.6. The molecular weight excluding hydrogens is 228 g/mol. The maximum atomic E-state index is 9.67. The van der Waals surface area contributed by atoms with Gasteiger partial charge in [0.1, 0.15) is 0 Å². The first-order chi connectivity index (χ1) is 8.60. The first kappa shape index (κ1) is 17.8. The Morgan fingerprint density at radius 1 is 1.17 bits per heavy atom. The lowest BCUT2D eigenvalue weighted by Crippen LogP contribution is -2.33. The van der Waals surface area contributed by atoms with Gasteiger partial charge in [0.15, 0.2) is 0 Å². The van der Waals surface area contributed by atoms with Crippen LogP contribution >= 0.6 is 0 Å². The maximum absolute atomic E-state index is 9.67. The Morgan fingerprint density at radius 2 is 1.83 bits per heavy atom. The van der Waals surface area contributed by atoms with Crippen LogP contribution in [0.3, 0.4) is 0 Å². The molecule has 1 unspecified atom stereocenters. The predicted octanol–water partition coefficient (Wildman–Crippen LogP) is 1.34. The van der Waals surface area contributed by atoms with Crippen LogP contribution in [0, 0.1) is 5.92 Å². The van der Waals surface area contributed by atoms with Crippen LogP contribution in [-0.4, -0.2) is 62.0 Å². The van der Waals surface area contributed by atoms with Gasteiger partial charge < -0.3 is 20.1 Å². The van der Waals surface area contributed by atoms with Gasteiger partial charge in [-0.25, -0.2) is 0 Å². The summed E-state index contributed by atoms with van der Waals surface area (Å²) in [6.45, 7) is 14.7. The summed E-state index contributed by atoms with van der Waals surface area (Å²) in [4.78, 5) is 2.41. The number of aliphatic hydroxyl groups excluding tert-OH is 1. The molecule has 2 N–H and O–H groups in total. The third-order valence-corrected chi connectivity index (χ3v) is 2.86. The third kappa shape index (κ3) is 11.0. The first-order valence-corrected chi connectivity index (χ1v) is 7.28. The Kier molecular flexibility index (Phi) is 11.8. The number of hydrogen-bond donors (Lipinski definition) is 2. The van der Waals surface area contributed by atoms with Gasteiger partial charge in [-0.2, -0.15) is 0 Å². The minimum atomic E-state index is -0.391. The molecule has 0 amide bonds. The predicted molar refractivity (Wildman–Crippen MR) is 76.9 cm³/mol. The van der Waals surface area contributed by atoms with Crippen molar-refractivity contribution in [3.05, 3.63) is 0 Å². The van der Waals surface area contributed by atoms with Gasteiger partial charge >= 0.3 is 0 Å². The molecule has 0 aliphatic carbocycles. The summed E-state index contributed by atoms with van der Waals surface area (Å²) in [7, 11) is 0. The van der Waals surface area contributed by atoms with Crippen molar-refractivity contribution in [1.82, 2.24) is 10.2 Å². The molecule has 0 radical (unpaired) electrons. The molecule has 4 nitrogen and oxygen atoms in total. The van der Waals surface area contributed by atoms with Crippen molar-refractivity contribution in [2.24, 2.45) is 5.92 Å². The summed E-state index contributed by atoms with van der Waals surface area (Å²) >= 11 is 0. The zero-order chi connectivity index (χ0) is 13.8. The highest BCUT2D eigenvalue weighted by Crippen LogP contribution is 1.94. The second-order valence-corrected chi connectivity index (χ2v) is 5.17. The van der Waals surface area contributed by atoms with Crippen LogP contribution in [0.2, 0.25) is 0 Å². The van der Waals surface area contributed by atoms with Crippen molar-refractivity contribution in [2.45, 2.75) is 40.2 Å². The molecule has 0 aliphatic rings. The Bertz CT molecular complexity index is 173. The lowest BCUT2D eigenvalue weighted by molar-refractivity contribution is 0.0262. The fourth-order valence-electron chi connectivity index (χ4n) is 1.73. The zero-order valence-corrected chi connectivity index (χ0v) is 12.6. The quantitative estimate of drug-likeness (QED) is 0.520. The summed E-state index contributed by atoms with van der Waals surface area (Å²) in [5, 5.41) is 12.9. The van der Waals surface area contributed by atoms with Crippen molar-refractivity contribution in [3.8, 4) is 0 Å². The Balaban J connectivity index is 3.32. The highest BCUT2D eigenvalue weighted by Gasteiger charge is 2.04. The number of nitrogens with one attached hydrogen (secondary N) is 1. The SMILES string of the molecule is CCN(CC)CCCNCC(O)COCC(C)C. The highest BCUT2D eigenvalue weighted by molar-refractivity contribution is 4.60. The normalized spacial score (nSPS) is 13.5. The molecule has 0 aliphatic heterocycles. The van der Waals surface area contributed by atoms with Crippen molar-refractivity contribution >= 4 is 0 Å². The fourth-order valence-corrected chi connectivity index (χ4v) is 1.73. The van der Waals surface area contributed by atoms with E-state index in [4.69, 9.17) is 4.74 Å². The smallest absolute Gasteiger partial charge is 0.0897 e. The monoisotopic (exact) mass is 260 g/mol. The van der Waals surface area contributed by atoms with Gasteiger partial charge in [0.25, 0.3) is 0 Å². The van der Waals surface area contributed by atoms with Crippen molar-refractivity contribution in [3.63, 3.8) is 0 Å². The number of ether oxygens (including phenoxy) is 1. The molecule has 110 valence electrons. The molecule has 0 heterocycles. The molecule has 0 spiro atoms. The van der Waals surface area contributed by atoms with E-state index >= 15 is 0 Å². The average Bonchev–Trinajstić information content (AvgIpc) is 2.33. The lowest BCUT2D eigenvalue weighted by Gasteiger charge is -2.18. The Labute approximate surface area is 113 Å². The van der Waals surface area contributed by atoms with Gasteiger partial charge in [-0.15, -0.1) is 0 Å². The summed E-state index contributed by atoms with van der Waals surface area (Å²) in [5.41, 5.74) is 0.